The molecule has 2 saturated carbocycles. The molecular weight excluding hydrogens is 240 g/mol. The number of fused-ring (bicyclic) bond motifs is 1. The van der Waals surface area contributed by atoms with E-state index in [1.165, 1.54) is 0 Å². The summed E-state index contributed by atoms with van der Waals surface area (Å²) in [6.45, 7) is 0. The predicted octanol–water partition coefficient (Wildman–Crippen LogP) is 1.94. The fourth-order valence-corrected chi connectivity index (χ4v) is 3.90. The molecule has 0 saturated heterocycles. The molecule has 0 atom stereocenters. The first-order chi connectivity index (χ1) is 9.17. The highest BCUT2D eigenvalue weighted by atomic mass is 16.3. The highest BCUT2D eigenvalue weighted by Crippen LogP contribution is 2.61. The maximum atomic E-state index is 11.7. The summed E-state index contributed by atoms with van der Waals surface area (Å²) in [6, 6.07) is 7.66. The molecule has 0 amide bonds. The number of aliphatic hydroxyl groups is 1. The van der Waals surface area contributed by atoms with Crippen LogP contribution in [0.3, 0.4) is 0 Å². The Balaban J connectivity index is 1.70. The van der Waals surface area contributed by atoms with E-state index in [2.05, 4.69) is 10.2 Å². The zero-order valence-corrected chi connectivity index (χ0v) is 10.6. The van der Waals surface area contributed by atoms with Crippen molar-refractivity contribution < 1.29 is 5.11 Å². The standard InChI is InChI=1S/C15H16N2O2/c18-10-7-15(8-10)5-9(6-15)13-11-3-1-2-4-12(11)14(19)17-16-13/h1-4,9-10,18H,5-8H2,(H,17,19). The van der Waals surface area contributed by atoms with E-state index in [0.29, 0.717) is 11.3 Å². The molecule has 0 bridgehead atoms. The monoisotopic (exact) mass is 256 g/mol. The predicted molar refractivity (Wildman–Crippen MR) is 72.0 cm³/mol. The number of nitrogens with zero attached hydrogens (tertiary/aromatic N) is 1. The van der Waals surface area contributed by atoms with Crippen LogP contribution >= 0.6 is 0 Å². The van der Waals surface area contributed by atoms with Crippen LogP contribution in [-0.2, 0) is 0 Å². The van der Waals surface area contributed by atoms with Gasteiger partial charge in [-0.3, -0.25) is 4.79 Å². The van der Waals surface area contributed by atoms with Crippen LogP contribution in [0.5, 0.6) is 0 Å². The molecule has 2 N–H and O–H groups in total. The van der Waals surface area contributed by atoms with Crippen LogP contribution in [0.15, 0.2) is 29.1 Å². The second-order valence-electron chi connectivity index (χ2n) is 6.15. The highest BCUT2D eigenvalue weighted by Gasteiger charge is 2.53. The normalized spacial score (nSPS) is 33.1. The molecule has 4 rings (SSSR count). The number of aliphatic hydroxyl groups excluding tert-OH is 1. The summed E-state index contributed by atoms with van der Waals surface area (Å²) in [5.74, 6) is 0.425. The number of aromatic amines is 1. The van der Waals surface area contributed by atoms with Gasteiger partial charge in [-0.15, -0.1) is 0 Å². The Bertz CT molecular complexity index is 693. The molecular formula is C15H16N2O2. The third kappa shape index (κ3) is 1.56. The van der Waals surface area contributed by atoms with Gasteiger partial charge in [0.25, 0.3) is 5.56 Å². The number of nitrogens with one attached hydrogen (secondary N) is 1. The SMILES string of the molecule is O=c1[nH]nc(C2CC3(CC(O)C3)C2)c2ccccc12. The first-order valence-electron chi connectivity index (χ1n) is 6.82. The van der Waals surface area contributed by atoms with Crippen LogP contribution in [0.2, 0.25) is 0 Å². The van der Waals surface area contributed by atoms with E-state index in [1.54, 1.807) is 0 Å². The zero-order valence-electron chi connectivity index (χ0n) is 10.6. The van der Waals surface area contributed by atoms with Crippen molar-refractivity contribution in [1.29, 1.82) is 0 Å². The Morgan fingerprint density at radius 1 is 1.16 bits per heavy atom. The second kappa shape index (κ2) is 3.67. The summed E-state index contributed by atoms with van der Waals surface area (Å²) in [7, 11) is 0. The van der Waals surface area contributed by atoms with Gasteiger partial charge in [-0.1, -0.05) is 18.2 Å². The van der Waals surface area contributed by atoms with E-state index >= 15 is 0 Å². The van der Waals surface area contributed by atoms with E-state index in [1.807, 2.05) is 24.3 Å². The lowest BCUT2D eigenvalue weighted by atomic mass is 9.50. The van der Waals surface area contributed by atoms with E-state index in [9.17, 15) is 9.90 Å². The molecule has 1 aromatic heterocycles. The molecule has 4 nitrogen and oxygen atoms in total. The molecule has 2 aliphatic rings. The van der Waals surface area contributed by atoms with Gasteiger partial charge in [0, 0.05) is 11.3 Å². The molecule has 19 heavy (non-hydrogen) atoms. The van der Waals surface area contributed by atoms with Crippen molar-refractivity contribution in [3.8, 4) is 0 Å². The summed E-state index contributed by atoms with van der Waals surface area (Å²) in [5.41, 5.74) is 1.26. The third-order valence-corrected chi connectivity index (χ3v) is 4.81. The third-order valence-electron chi connectivity index (χ3n) is 4.81. The lowest BCUT2D eigenvalue weighted by Crippen LogP contribution is -2.49. The Hall–Kier alpha value is -1.68. The van der Waals surface area contributed by atoms with Gasteiger partial charge in [0.2, 0.25) is 0 Å². The molecule has 1 spiro atoms. The smallest absolute Gasteiger partial charge is 0.272 e. The van der Waals surface area contributed by atoms with Crippen LogP contribution in [0.1, 0.15) is 37.3 Å². The summed E-state index contributed by atoms with van der Waals surface area (Å²) < 4.78 is 0. The summed E-state index contributed by atoms with van der Waals surface area (Å²) in [5, 5.41) is 18.0. The average Bonchev–Trinajstić information content (AvgIpc) is 2.34. The maximum absolute atomic E-state index is 11.7. The molecule has 2 fully saturated rings. The van der Waals surface area contributed by atoms with Gasteiger partial charge >= 0.3 is 0 Å². The van der Waals surface area contributed by atoms with E-state index in [-0.39, 0.29) is 11.7 Å². The van der Waals surface area contributed by atoms with Crippen LogP contribution in [0.25, 0.3) is 10.8 Å². The Kier molecular flexibility index (Phi) is 2.16. The Morgan fingerprint density at radius 3 is 2.53 bits per heavy atom. The fourth-order valence-electron chi connectivity index (χ4n) is 3.90. The maximum Gasteiger partial charge on any atom is 0.272 e. The van der Waals surface area contributed by atoms with E-state index in [4.69, 9.17) is 0 Å². The molecule has 0 aliphatic heterocycles. The zero-order chi connectivity index (χ0) is 13.0. The average molecular weight is 256 g/mol. The first-order valence-corrected chi connectivity index (χ1v) is 6.82. The number of H-pyrrole nitrogens is 1. The van der Waals surface area contributed by atoms with Gasteiger partial charge in [0.05, 0.1) is 17.2 Å². The number of hydrogen-bond donors (Lipinski definition) is 2. The topological polar surface area (TPSA) is 66.0 Å². The quantitative estimate of drug-likeness (QED) is 0.819. The minimum Gasteiger partial charge on any atom is -0.393 e. The van der Waals surface area contributed by atoms with Crippen molar-refractivity contribution in [3.63, 3.8) is 0 Å². The minimum atomic E-state index is -0.118. The molecule has 0 unspecified atom stereocenters. The van der Waals surface area contributed by atoms with Crippen molar-refractivity contribution in [2.75, 3.05) is 0 Å². The van der Waals surface area contributed by atoms with Gasteiger partial charge in [-0.25, -0.2) is 5.10 Å². The van der Waals surface area contributed by atoms with Crippen molar-refractivity contribution in [2.45, 2.75) is 37.7 Å². The van der Waals surface area contributed by atoms with Gasteiger partial charge in [0.15, 0.2) is 0 Å². The second-order valence-corrected chi connectivity index (χ2v) is 6.15. The fraction of sp³-hybridized carbons (Fsp3) is 0.467. The Labute approximate surface area is 110 Å². The number of benzene rings is 1. The number of rotatable bonds is 1. The van der Waals surface area contributed by atoms with Crippen molar-refractivity contribution in [3.05, 3.63) is 40.3 Å². The van der Waals surface area contributed by atoms with Gasteiger partial charge in [-0.05, 0) is 37.2 Å². The molecule has 2 aromatic rings. The summed E-state index contributed by atoms with van der Waals surface area (Å²) in [6.07, 6.45) is 3.96. The molecule has 1 aromatic carbocycles. The number of aromatic nitrogens is 2. The van der Waals surface area contributed by atoms with Gasteiger partial charge < -0.3 is 5.11 Å². The van der Waals surface area contributed by atoms with E-state index < -0.39 is 0 Å². The summed E-state index contributed by atoms with van der Waals surface area (Å²) in [4.78, 5) is 11.7. The minimum absolute atomic E-state index is 0.0961. The van der Waals surface area contributed by atoms with Crippen molar-refractivity contribution in [1.82, 2.24) is 10.2 Å². The van der Waals surface area contributed by atoms with Crippen LogP contribution in [0, 0.1) is 5.41 Å². The van der Waals surface area contributed by atoms with Crippen molar-refractivity contribution in [2.24, 2.45) is 5.41 Å². The molecule has 98 valence electrons. The van der Waals surface area contributed by atoms with Gasteiger partial charge in [0.1, 0.15) is 0 Å². The largest absolute Gasteiger partial charge is 0.393 e. The molecule has 1 heterocycles. The van der Waals surface area contributed by atoms with Crippen molar-refractivity contribution >= 4 is 10.8 Å². The Morgan fingerprint density at radius 2 is 1.84 bits per heavy atom. The molecule has 0 radical (unpaired) electrons. The lowest BCUT2D eigenvalue weighted by Gasteiger charge is -2.56. The number of hydrogen-bond acceptors (Lipinski definition) is 3. The van der Waals surface area contributed by atoms with Gasteiger partial charge in [-0.2, -0.15) is 5.10 Å². The molecule has 2 aliphatic carbocycles. The molecule has 4 heteroatoms. The van der Waals surface area contributed by atoms with Crippen LogP contribution in [0.4, 0.5) is 0 Å². The van der Waals surface area contributed by atoms with Crippen LogP contribution in [-0.4, -0.2) is 21.4 Å². The summed E-state index contributed by atoms with van der Waals surface area (Å²) >= 11 is 0. The first kappa shape index (κ1) is 11.2. The lowest BCUT2D eigenvalue weighted by molar-refractivity contribution is -0.0929. The highest BCUT2D eigenvalue weighted by molar-refractivity contribution is 5.83. The van der Waals surface area contributed by atoms with E-state index in [0.717, 1.165) is 42.1 Å². The van der Waals surface area contributed by atoms with Crippen LogP contribution < -0.4 is 5.56 Å².